The van der Waals surface area contributed by atoms with Crippen LogP contribution in [0.15, 0.2) is 53.6 Å². The number of carbonyl (C=O) groups excluding carboxylic acids is 1. The van der Waals surface area contributed by atoms with Crippen molar-refractivity contribution in [1.29, 1.82) is 0 Å². The number of aromatic amines is 1. The molecular formula is C23H25N6O4S-. The molecule has 10 nitrogen and oxygen atoms in total. The largest absolute Gasteiger partial charge is 0.768 e. The number of rotatable bonds is 5. The number of ether oxygens (including phenoxy) is 1. The van der Waals surface area contributed by atoms with Crippen molar-refractivity contribution >= 4 is 39.4 Å². The van der Waals surface area contributed by atoms with E-state index in [2.05, 4.69) is 25.7 Å². The molecule has 1 aromatic carbocycles. The Hall–Kier alpha value is -3.38. The second kappa shape index (κ2) is 10.7. The number of pyridine rings is 1. The van der Waals surface area contributed by atoms with Crippen molar-refractivity contribution in [2.24, 2.45) is 7.05 Å². The summed E-state index contributed by atoms with van der Waals surface area (Å²) >= 11 is -2.30. The molecule has 4 aromatic rings. The summed E-state index contributed by atoms with van der Waals surface area (Å²) in [6, 6.07) is 11.7. The molecule has 0 aliphatic carbocycles. The summed E-state index contributed by atoms with van der Waals surface area (Å²) < 4.78 is 28.8. The molecule has 1 unspecified atom stereocenters. The SMILES string of the molecule is C1COCCN1.Cc1cc(C(=O)c2c[nH]c3nc(Nc4cccc(S(=O)[O-])c4)ccc23)n(C)n1. The molecule has 1 fully saturated rings. The average molecular weight is 482 g/mol. The molecule has 1 saturated heterocycles. The first-order valence-electron chi connectivity index (χ1n) is 10.7. The molecule has 0 bridgehead atoms. The minimum absolute atomic E-state index is 0.137. The van der Waals surface area contributed by atoms with E-state index in [0.717, 1.165) is 32.0 Å². The molecule has 1 aliphatic rings. The van der Waals surface area contributed by atoms with Crippen LogP contribution in [-0.4, -0.2) is 60.6 Å². The Balaban J connectivity index is 0.000000398. The third-order valence-corrected chi connectivity index (χ3v) is 5.80. The third-order valence-electron chi connectivity index (χ3n) is 5.16. The molecular weight excluding hydrogens is 456 g/mol. The fourth-order valence-corrected chi connectivity index (χ4v) is 3.98. The summed E-state index contributed by atoms with van der Waals surface area (Å²) in [4.78, 5) is 20.5. The summed E-state index contributed by atoms with van der Waals surface area (Å²) in [5.74, 6) is 0.390. The van der Waals surface area contributed by atoms with E-state index in [9.17, 15) is 13.6 Å². The number of fused-ring (bicyclic) bond motifs is 1. The van der Waals surface area contributed by atoms with Crippen molar-refractivity contribution < 1.29 is 18.3 Å². The molecule has 11 heteroatoms. The zero-order valence-corrected chi connectivity index (χ0v) is 19.6. The lowest BCUT2D eigenvalue weighted by molar-refractivity contribution is 0.103. The van der Waals surface area contributed by atoms with Gasteiger partial charge in [0.1, 0.15) is 17.2 Å². The van der Waals surface area contributed by atoms with E-state index in [-0.39, 0.29) is 10.7 Å². The number of carbonyl (C=O) groups is 1. The number of aryl methyl sites for hydroxylation is 2. The van der Waals surface area contributed by atoms with Gasteiger partial charge in [-0.05, 0) is 54.4 Å². The van der Waals surface area contributed by atoms with Crippen LogP contribution in [0, 0.1) is 6.92 Å². The lowest BCUT2D eigenvalue weighted by Gasteiger charge is -2.10. The Kier molecular flexibility index (Phi) is 7.48. The van der Waals surface area contributed by atoms with Crippen molar-refractivity contribution in [3.63, 3.8) is 0 Å². The molecule has 34 heavy (non-hydrogen) atoms. The molecule has 0 spiro atoms. The first-order chi connectivity index (χ1) is 16.4. The Morgan fingerprint density at radius 2 is 2.00 bits per heavy atom. The standard InChI is InChI=1S/C19H17N5O3S.C4H9NO/c1-11-8-16(24(2)23-11)18(25)15-10-20-19-14(15)6-7-17(22-19)21-12-4-3-5-13(9-12)28(26)27;1-3-6-4-2-5-1/h3-10H,1-2H3,(H,26,27)(H2,20,21,22);5H,1-4H2/p-1. The Morgan fingerprint density at radius 3 is 2.62 bits per heavy atom. The van der Waals surface area contributed by atoms with Crippen LogP contribution in [0.4, 0.5) is 11.5 Å². The lowest BCUT2D eigenvalue weighted by Crippen LogP contribution is -2.30. The van der Waals surface area contributed by atoms with Crippen molar-refractivity contribution in [2.45, 2.75) is 11.8 Å². The van der Waals surface area contributed by atoms with Gasteiger partial charge in [-0.15, -0.1) is 0 Å². The summed E-state index contributed by atoms with van der Waals surface area (Å²) in [5, 5.41) is 11.1. The van der Waals surface area contributed by atoms with Gasteiger partial charge in [-0.3, -0.25) is 13.7 Å². The fourth-order valence-electron chi connectivity index (χ4n) is 3.56. The van der Waals surface area contributed by atoms with Gasteiger partial charge in [0.05, 0.1) is 24.5 Å². The van der Waals surface area contributed by atoms with Crippen LogP contribution in [0.5, 0.6) is 0 Å². The van der Waals surface area contributed by atoms with Crippen LogP contribution >= 0.6 is 0 Å². The highest BCUT2D eigenvalue weighted by Gasteiger charge is 2.18. The molecule has 0 amide bonds. The zero-order chi connectivity index (χ0) is 24.1. The molecule has 178 valence electrons. The van der Waals surface area contributed by atoms with Gasteiger partial charge in [0.15, 0.2) is 0 Å². The van der Waals surface area contributed by atoms with Crippen LogP contribution in [0.25, 0.3) is 11.0 Å². The minimum atomic E-state index is -2.30. The average Bonchev–Trinajstić information content (AvgIpc) is 3.42. The maximum atomic E-state index is 12.9. The number of ketones is 1. The van der Waals surface area contributed by atoms with E-state index in [1.807, 2.05) is 6.92 Å². The zero-order valence-electron chi connectivity index (χ0n) is 18.8. The maximum Gasteiger partial charge on any atom is 0.213 e. The second-order valence-corrected chi connectivity index (χ2v) is 8.61. The smallest absolute Gasteiger partial charge is 0.213 e. The number of hydrogen-bond acceptors (Lipinski definition) is 8. The number of hydrogen-bond donors (Lipinski definition) is 3. The second-order valence-electron chi connectivity index (χ2n) is 7.67. The van der Waals surface area contributed by atoms with E-state index >= 15 is 0 Å². The van der Waals surface area contributed by atoms with E-state index < -0.39 is 11.1 Å². The predicted molar refractivity (Wildman–Crippen MR) is 128 cm³/mol. The van der Waals surface area contributed by atoms with Gasteiger partial charge in [-0.2, -0.15) is 5.10 Å². The van der Waals surface area contributed by atoms with E-state index in [4.69, 9.17) is 4.74 Å². The predicted octanol–water partition coefficient (Wildman–Crippen LogP) is 2.42. The first kappa shape index (κ1) is 23.8. The number of aromatic nitrogens is 4. The first-order valence-corrected chi connectivity index (χ1v) is 11.8. The van der Waals surface area contributed by atoms with Gasteiger partial charge in [0.2, 0.25) is 5.78 Å². The van der Waals surface area contributed by atoms with Gasteiger partial charge >= 0.3 is 0 Å². The number of nitrogens with one attached hydrogen (secondary N) is 3. The highest BCUT2D eigenvalue weighted by molar-refractivity contribution is 7.79. The molecule has 3 aromatic heterocycles. The highest BCUT2D eigenvalue weighted by Crippen LogP contribution is 2.24. The molecule has 1 aliphatic heterocycles. The number of anilines is 2. The van der Waals surface area contributed by atoms with E-state index in [0.29, 0.717) is 33.8 Å². The number of nitrogens with zero attached hydrogens (tertiary/aromatic N) is 3. The van der Waals surface area contributed by atoms with Crippen LogP contribution in [0.3, 0.4) is 0 Å². The molecule has 1 atom stereocenters. The van der Waals surface area contributed by atoms with Gasteiger partial charge in [-0.1, -0.05) is 6.07 Å². The number of H-pyrrole nitrogens is 1. The fraction of sp³-hybridized carbons (Fsp3) is 0.261. The van der Waals surface area contributed by atoms with Crippen molar-refractivity contribution in [2.75, 3.05) is 31.6 Å². The Morgan fingerprint density at radius 1 is 1.21 bits per heavy atom. The summed E-state index contributed by atoms with van der Waals surface area (Å²) in [7, 11) is 1.73. The van der Waals surface area contributed by atoms with Crippen LogP contribution in [0.2, 0.25) is 0 Å². The molecule has 0 saturated carbocycles. The Labute approximate surface area is 199 Å². The summed E-state index contributed by atoms with van der Waals surface area (Å²) in [5.41, 5.74) is 2.94. The summed E-state index contributed by atoms with van der Waals surface area (Å²) in [6.45, 7) is 5.67. The number of benzene rings is 1. The minimum Gasteiger partial charge on any atom is -0.768 e. The van der Waals surface area contributed by atoms with Crippen molar-refractivity contribution in [3.05, 3.63) is 65.6 Å². The van der Waals surface area contributed by atoms with Crippen molar-refractivity contribution in [1.82, 2.24) is 25.1 Å². The molecule has 5 rings (SSSR count). The van der Waals surface area contributed by atoms with Gasteiger partial charge in [-0.25, -0.2) is 4.98 Å². The van der Waals surface area contributed by atoms with Crippen LogP contribution < -0.4 is 10.6 Å². The van der Waals surface area contributed by atoms with Crippen LogP contribution in [0.1, 0.15) is 21.7 Å². The monoisotopic (exact) mass is 481 g/mol. The van der Waals surface area contributed by atoms with E-state index in [1.54, 1.807) is 48.3 Å². The number of morpholine rings is 1. The quantitative estimate of drug-likeness (QED) is 0.292. The molecule has 0 radical (unpaired) electrons. The highest BCUT2D eigenvalue weighted by atomic mass is 32.2. The normalized spacial score (nSPS) is 14.3. The van der Waals surface area contributed by atoms with E-state index in [1.165, 1.54) is 12.1 Å². The van der Waals surface area contributed by atoms with Gasteiger partial charge in [0.25, 0.3) is 0 Å². The molecule has 4 heterocycles. The van der Waals surface area contributed by atoms with Gasteiger partial charge < -0.3 is 24.9 Å². The maximum absolute atomic E-state index is 12.9. The van der Waals surface area contributed by atoms with Crippen LogP contribution in [-0.2, 0) is 22.9 Å². The molecule has 3 N–H and O–H groups in total. The lowest BCUT2D eigenvalue weighted by atomic mass is 10.1. The Bertz CT molecular complexity index is 1320. The topological polar surface area (TPSA) is 137 Å². The summed E-state index contributed by atoms with van der Waals surface area (Å²) in [6.07, 6.45) is 1.63. The third kappa shape index (κ3) is 5.57. The van der Waals surface area contributed by atoms with Gasteiger partial charge in [0, 0.05) is 42.3 Å². The van der Waals surface area contributed by atoms with Crippen molar-refractivity contribution in [3.8, 4) is 0 Å².